The van der Waals surface area contributed by atoms with Crippen LogP contribution >= 0.6 is 0 Å². The zero-order chi connectivity index (χ0) is 22.7. The van der Waals surface area contributed by atoms with Gasteiger partial charge in [-0.2, -0.15) is 0 Å². The summed E-state index contributed by atoms with van der Waals surface area (Å²) in [4.78, 5) is 25.2. The summed E-state index contributed by atoms with van der Waals surface area (Å²) in [7, 11) is 1.56. The molecular weight excluding hydrogens is 407 g/mol. The first kappa shape index (κ1) is 21.6. The average molecular weight is 432 g/mol. The number of furan rings is 1. The number of allylic oxidation sites excluding steroid dienone is 2. The number of hydrogen-bond acceptors (Lipinski definition) is 3. The molecule has 2 aromatic carbocycles. The predicted molar refractivity (Wildman–Crippen MR) is 124 cm³/mol. The Kier molecular flexibility index (Phi) is 6.21. The van der Waals surface area contributed by atoms with Gasteiger partial charge in [-0.15, -0.1) is 0 Å². The van der Waals surface area contributed by atoms with Gasteiger partial charge in [-0.3, -0.25) is 9.59 Å². The van der Waals surface area contributed by atoms with E-state index in [1.165, 1.54) is 12.1 Å². The molecule has 3 aromatic rings. The molecule has 1 aromatic heterocycles. The molecule has 0 fully saturated rings. The Morgan fingerprint density at radius 3 is 2.53 bits per heavy atom. The molecule has 0 bridgehead atoms. The molecule has 2 amide bonds. The molecule has 1 aliphatic carbocycles. The molecule has 32 heavy (non-hydrogen) atoms. The minimum absolute atomic E-state index is 0.0712. The molecule has 0 spiro atoms. The summed E-state index contributed by atoms with van der Waals surface area (Å²) in [5.41, 5.74) is 4.22. The van der Waals surface area contributed by atoms with Crippen molar-refractivity contribution in [1.82, 2.24) is 10.6 Å². The highest BCUT2D eigenvalue weighted by molar-refractivity contribution is 6.11. The molecule has 0 atom stereocenters. The summed E-state index contributed by atoms with van der Waals surface area (Å²) in [6, 6.07) is 11.6. The van der Waals surface area contributed by atoms with Gasteiger partial charge in [-0.1, -0.05) is 19.1 Å². The molecule has 1 heterocycles. The number of carbonyl (C=O) groups is 2. The quantitative estimate of drug-likeness (QED) is 0.560. The van der Waals surface area contributed by atoms with E-state index in [4.69, 9.17) is 4.42 Å². The van der Waals surface area contributed by atoms with Crippen LogP contribution < -0.4 is 10.6 Å². The van der Waals surface area contributed by atoms with Crippen molar-refractivity contribution >= 4 is 28.4 Å². The first-order valence-electron chi connectivity index (χ1n) is 10.8. The van der Waals surface area contributed by atoms with E-state index < -0.39 is 0 Å². The van der Waals surface area contributed by atoms with Gasteiger partial charge in [-0.25, -0.2) is 4.39 Å². The Hall–Kier alpha value is -3.67. The molecule has 5 nitrogen and oxygen atoms in total. The number of carbonyl (C=O) groups excluding carboxylic acids is 2. The standard InChI is InChI=1S/C26H25FN2O3/c1-3-13-29-25(30)19-6-4-5-17(14-19)18-9-12-22-21(15-18)23(26(31)28-2)24(32-22)16-7-10-20(27)11-8-16/h6-12,14-15H,3-5,13H2,1-2H3,(H,28,31)(H,29,30). The number of benzene rings is 2. The van der Waals surface area contributed by atoms with Crippen LogP contribution in [0.3, 0.4) is 0 Å². The van der Waals surface area contributed by atoms with Gasteiger partial charge in [0.05, 0.1) is 5.56 Å². The second-order valence-electron chi connectivity index (χ2n) is 7.73. The highest BCUT2D eigenvalue weighted by Crippen LogP contribution is 2.36. The topological polar surface area (TPSA) is 71.3 Å². The lowest BCUT2D eigenvalue weighted by molar-refractivity contribution is -0.117. The van der Waals surface area contributed by atoms with E-state index in [1.54, 1.807) is 19.2 Å². The van der Waals surface area contributed by atoms with Crippen LogP contribution in [0.4, 0.5) is 4.39 Å². The number of fused-ring (bicyclic) bond motifs is 1. The van der Waals surface area contributed by atoms with Gasteiger partial charge in [0.1, 0.15) is 17.2 Å². The molecule has 0 saturated carbocycles. The maximum absolute atomic E-state index is 13.4. The third kappa shape index (κ3) is 4.21. The largest absolute Gasteiger partial charge is 0.455 e. The highest BCUT2D eigenvalue weighted by Gasteiger charge is 2.22. The molecule has 0 radical (unpaired) electrons. The normalized spacial score (nSPS) is 13.5. The average Bonchev–Trinajstić information content (AvgIpc) is 3.21. The molecule has 164 valence electrons. The zero-order valence-corrected chi connectivity index (χ0v) is 18.1. The Bertz CT molecular complexity index is 1240. The lowest BCUT2D eigenvalue weighted by atomic mass is 9.92. The zero-order valence-electron chi connectivity index (χ0n) is 18.1. The molecular formula is C26H25FN2O3. The van der Waals surface area contributed by atoms with E-state index in [-0.39, 0.29) is 17.6 Å². The van der Waals surface area contributed by atoms with Crippen molar-refractivity contribution in [2.24, 2.45) is 0 Å². The van der Waals surface area contributed by atoms with Gasteiger partial charge >= 0.3 is 0 Å². The van der Waals surface area contributed by atoms with E-state index in [0.29, 0.717) is 40.0 Å². The maximum atomic E-state index is 13.4. The first-order chi connectivity index (χ1) is 15.5. The van der Waals surface area contributed by atoms with Gasteiger partial charge in [0.25, 0.3) is 11.8 Å². The number of halogens is 1. The van der Waals surface area contributed by atoms with Gasteiger partial charge in [0, 0.05) is 30.1 Å². The van der Waals surface area contributed by atoms with E-state index in [9.17, 15) is 14.0 Å². The first-order valence-corrected chi connectivity index (χ1v) is 10.8. The predicted octanol–water partition coefficient (Wildman–Crippen LogP) is 5.23. The fourth-order valence-corrected chi connectivity index (χ4v) is 3.88. The fraction of sp³-hybridized carbons (Fsp3) is 0.231. The Labute approximate surface area is 186 Å². The van der Waals surface area contributed by atoms with Gasteiger partial charge in [0.15, 0.2) is 0 Å². The summed E-state index contributed by atoms with van der Waals surface area (Å²) in [5, 5.41) is 6.26. The van der Waals surface area contributed by atoms with Crippen molar-refractivity contribution in [2.45, 2.75) is 26.2 Å². The second-order valence-corrected chi connectivity index (χ2v) is 7.73. The van der Waals surface area contributed by atoms with Crippen molar-refractivity contribution in [3.63, 3.8) is 0 Å². The van der Waals surface area contributed by atoms with Crippen LogP contribution in [0.5, 0.6) is 0 Å². The Balaban J connectivity index is 1.78. The van der Waals surface area contributed by atoms with Gasteiger partial charge in [0.2, 0.25) is 0 Å². The molecule has 0 saturated heterocycles. The summed E-state index contributed by atoms with van der Waals surface area (Å²) >= 11 is 0. The van der Waals surface area contributed by atoms with Crippen molar-refractivity contribution in [1.29, 1.82) is 0 Å². The summed E-state index contributed by atoms with van der Waals surface area (Å²) in [6.07, 6.45) is 6.32. The lowest BCUT2D eigenvalue weighted by Crippen LogP contribution is -2.25. The fourth-order valence-electron chi connectivity index (χ4n) is 3.88. The SMILES string of the molecule is CCCNC(=O)C1=CCCC(c2ccc3oc(-c4ccc(F)cc4)c(C(=O)NC)c3c2)=C1. The minimum atomic E-state index is -0.357. The van der Waals surface area contributed by atoms with Crippen LogP contribution in [-0.2, 0) is 4.79 Å². The number of nitrogens with one attached hydrogen (secondary N) is 2. The second kappa shape index (κ2) is 9.22. The third-order valence-corrected chi connectivity index (χ3v) is 5.52. The monoisotopic (exact) mass is 432 g/mol. The smallest absolute Gasteiger partial charge is 0.255 e. The van der Waals surface area contributed by atoms with Gasteiger partial charge < -0.3 is 15.1 Å². The minimum Gasteiger partial charge on any atom is -0.455 e. The summed E-state index contributed by atoms with van der Waals surface area (Å²) < 4.78 is 19.4. The maximum Gasteiger partial charge on any atom is 0.255 e. The van der Waals surface area contributed by atoms with Crippen LogP contribution in [0.1, 0.15) is 42.1 Å². The number of amides is 2. The molecule has 0 aliphatic heterocycles. The van der Waals surface area contributed by atoms with Crippen LogP contribution in [-0.4, -0.2) is 25.4 Å². The van der Waals surface area contributed by atoms with Crippen molar-refractivity contribution in [3.05, 3.63) is 77.1 Å². The van der Waals surface area contributed by atoms with E-state index in [0.717, 1.165) is 30.4 Å². The van der Waals surface area contributed by atoms with Gasteiger partial charge in [-0.05, 0) is 72.9 Å². The Morgan fingerprint density at radius 1 is 1.06 bits per heavy atom. The van der Waals surface area contributed by atoms with Crippen LogP contribution in [0.15, 0.2) is 64.6 Å². The van der Waals surface area contributed by atoms with Crippen molar-refractivity contribution in [2.75, 3.05) is 13.6 Å². The van der Waals surface area contributed by atoms with E-state index in [1.807, 2.05) is 37.3 Å². The molecule has 6 heteroatoms. The highest BCUT2D eigenvalue weighted by atomic mass is 19.1. The van der Waals surface area contributed by atoms with E-state index >= 15 is 0 Å². The lowest BCUT2D eigenvalue weighted by Gasteiger charge is -2.14. The molecule has 0 unspecified atom stereocenters. The third-order valence-electron chi connectivity index (χ3n) is 5.52. The van der Waals surface area contributed by atoms with E-state index in [2.05, 4.69) is 10.6 Å². The molecule has 1 aliphatic rings. The van der Waals surface area contributed by atoms with Crippen LogP contribution in [0.25, 0.3) is 27.9 Å². The Morgan fingerprint density at radius 2 is 1.81 bits per heavy atom. The van der Waals surface area contributed by atoms with Crippen LogP contribution in [0.2, 0.25) is 0 Å². The molecule has 2 N–H and O–H groups in total. The number of rotatable bonds is 6. The number of hydrogen-bond donors (Lipinski definition) is 2. The van der Waals surface area contributed by atoms with Crippen LogP contribution in [0, 0.1) is 5.82 Å². The summed E-state index contributed by atoms with van der Waals surface area (Å²) in [6.45, 7) is 2.66. The molecule has 4 rings (SSSR count). The van der Waals surface area contributed by atoms with Crippen molar-refractivity contribution < 1.29 is 18.4 Å². The summed E-state index contributed by atoms with van der Waals surface area (Å²) in [5.74, 6) is -0.311. The van der Waals surface area contributed by atoms with Crippen molar-refractivity contribution in [3.8, 4) is 11.3 Å².